The highest BCUT2D eigenvalue weighted by atomic mass is 32.1. The Morgan fingerprint density at radius 1 is 1.00 bits per heavy atom. The minimum Gasteiger partial charge on any atom is -0.481 e. The third kappa shape index (κ3) is 8.33. The van der Waals surface area contributed by atoms with Crippen LogP contribution in [0, 0.1) is 0 Å². The van der Waals surface area contributed by atoms with E-state index in [0.717, 1.165) is 0 Å². The van der Waals surface area contributed by atoms with Crippen LogP contribution in [0.15, 0.2) is 0 Å². The second-order valence-electron chi connectivity index (χ2n) is 4.85. The van der Waals surface area contributed by atoms with Gasteiger partial charge in [-0.15, -0.1) is 0 Å². The quantitative estimate of drug-likeness (QED) is 0.188. The van der Waals surface area contributed by atoms with Crippen LogP contribution in [-0.2, 0) is 24.0 Å². The van der Waals surface area contributed by atoms with E-state index in [1.54, 1.807) is 0 Å². The van der Waals surface area contributed by atoms with Crippen LogP contribution >= 0.6 is 12.6 Å². The molecule has 0 aliphatic rings. The Balaban J connectivity index is 4.90. The zero-order valence-electron chi connectivity index (χ0n) is 12.6. The number of carboxylic acids is 2. The molecule has 0 aliphatic carbocycles. The van der Waals surface area contributed by atoms with Gasteiger partial charge in [-0.25, -0.2) is 4.79 Å². The largest absolute Gasteiger partial charge is 0.481 e. The van der Waals surface area contributed by atoms with Crippen molar-refractivity contribution in [1.82, 2.24) is 10.6 Å². The van der Waals surface area contributed by atoms with E-state index in [1.807, 2.05) is 0 Å². The monoisotopic (exact) mass is 364 g/mol. The zero-order valence-corrected chi connectivity index (χ0v) is 13.5. The molecule has 0 fully saturated rings. The lowest BCUT2D eigenvalue weighted by Gasteiger charge is -2.21. The molecule has 0 bridgehead atoms. The first-order valence-corrected chi connectivity index (χ1v) is 7.41. The Morgan fingerprint density at radius 2 is 1.54 bits per heavy atom. The fourth-order valence-corrected chi connectivity index (χ4v) is 1.80. The van der Waals surface area contributed by atoms with Gasteiger partial charge in [0.05, 0.1) is 12.5 Å². The molecule has 8 N–H and O–H groups in total. The zero-order chi connectivity index (χ0) is 18.9. The number of nitrogens with one attached hydrogen (secondary N) is 2. The molecule has 0 aromatic carbocycles. The number of nitrogens with two attached hydrogens (primary N) is 2. The Labute approximate surface area is 142 Å². The summed E-state index contributed by atoms with van der Waals surface area (Å²) >= 11 is 3.75. The van der Waals surface area contributed by atoms with Crippen LogP contribution in [0.5, 0.6) is 0 Å². The van der Waals surface area contributed by atoms with Crippen LogP contribution in [-0.4, -0.2) is 63.8 Å². The molecule has 0 rings (SSSR count). The number of amides is 3. The van der Waals surface area contributed by atoms with E-state index < -0.39 is 54.2 Å². The summed E-state index contributed by atoms with van der Waals surface area (Å²) in [4.78, 5) is 56.1. The van der Waals surface area contributed by atoms with Gasteiger partial charge in [0.1, 0.15) is 12.1 Å². The topological polar surface area (TPSA) is 202 Å². The van der Waals surface area contributed by atoms with Gasteiger partial charge in [-0.2, -0.15) is 12.6 Å². The van der Waals surface area contributed by atoms with Crippen molar-refractivity contribution in [2.45, 2.75) is 37.4 Å². The molecule has 0 aromatic rings. The summed E-state index contributed by atoms with van der Waals surface area (Å²) in [7, 11) is 0. The van der Waals surface area contributed by atoms with Crippen molar-refractivity contribution in [2.24, 2.45) is 11.5 Å². The average Bonchev–Trinajstić information content (AvgIpc) is 2.48. The highest BCUT2D eigenvalue weighted by molar-refractivity contribution is 7.80. The molecule has 0 unspecified atom stereocenters. The second-order valence-corrected chi connectivity index (χ2v) is 5.22. The molecule has 3 amide bonds. The average molecular weight is 364 g/mol. The van der Waals surface area contributed by atoms with Crippen molar-refractivity contribution in [3.05, 3.63) is 0 Å². The van der Waals surface area contributed by atoms with Gasteiger partial charge in [-0.05, 0) is 6.42 Å². The molecule has 0 saturated heterocycles. The first-order chi connectivity index (χ1) is 11.1. The fraction of sp³-hybridized carbons (Fsp3) is 0.583. The Kier molecular flexibility index (Phi) is 9.42. The van der Waals surface area contributed by atoms with Crippen LogP contribution in [0.1, 0.15) is 19.3 Å². The van der Waals surface area contributed by atoms with E-state index in [4.69, 9.17) is 21.7 Å². The Hall–Kier alpha value is -2.34. The molecule has 11 nitrogen and oxygen atoms in total. The summed E-state index contributed by atoms with van der Waals surface area (Å²) in [6.45, 7) is 0. The fourth-order valence-electron chi connectivity index (χ4n) is 1.55. The number of hydrogen-bond acceptors (Lipinski definition) is 7. The van der Waals surface area contributed by atoms with E-state index in [0.29, 0.717) is 0 Å². The summed E-state index contributed by atoms with van der Waals surface area (Å²) in [6, 6.07) is -4.06. The molecule has 136 valence electrons. The van der Waals surface area contributed by atoms with Crippen molar-refractivity contribution in [3.63, 3.8) is 0 Å². The molecule has 0 aliphatic heterocycles. The SMILES string of the molecule is NC(=O)CC[C@H](N)C(=O)N[C@@H](CC(=O)O)C(=O)N[C@@H](CS)C(=O)O. The number of hydrogen-bond donors (Lipinski definition) is 7. The molecule has 0 aromatic heterocycles. The summed E-state index contributed by atoms with van der Waals surface area (Å²) in [6.07, 6.45) is -1.03. The van der Waals surface area contributed by atoms with E-state index in [2.05, 4.69) is 23.3 Å². The Bertz CT molecular complexity index is 514. The number of thiol groups is 1. The smallest absolute Gasteiger partial charge is 0.327 e. The highest BCUT2D eigenvalue weighted by Crippen LogP contribution is 2.00. The van der Waals surface area contributed by atoms with E-state index in [-0.39, 0.29) is 18.6 Å². The molecule has 0 heterocycles. The van der Waals surface area contributed by atoms with Gasteiger partial charge in [-0.1, -0.05) is 0 Å². The molecular weight excluding hydrogens is 344 g/mol. The summed E-state index contributed by atoms with van der Waals surface area (Å²) < 4.78 is 0. The van der Waals surface area contributed by atoms with Gasteiger partial charge in [0.15, 0.2) is 0 Å². The molecular formula is C12H20N4O7S. The third-order valence-electron chi connectivity index (χ3n) is 2.85. The molecule has 0 spiro atoms. The van der Waals surface area contributed by atoms with Crippen molar-refractivity contribution in [3.8, 4) is 0 Å². The molecule has 3 atom stereocenters. The lowest BCUT2D eigenvalue weighted by molar-refractivity contribution is -0.143. The molecule has 0 radical (unpaired) electrons. The standard InChI is InChI=1S/C12H20N4O7S/c13-5(1-2-8(14)17)10(20)15-6(3-9(18)19)11(21)16-7(4-24)12(22)23/h5-7,24H,1-4,13H2,(H2,14,17)(H,15,20)(H,16,21)(H,18,19)(H,22,23)/t5-,6-,7-/m0/s1. The van der Waals surface area contributed by atoms with E-state index in [9.17, 15) is 24.0 Å². The number of aliphatic carboxylic acids is 2. The maximum absolute atomic E-state index is 12.0. The van der Waals surface area contributed by atoms with Crippen molar-refractivity contribution < 1.29 is 34.2 Å². The third-order valence-corrected chi connectivity index (χ3v) is 3.21. The van der Waals surface area contributed by atoms with Gasteiger partial charge in [0.25, 0.3) is 0 Å². The molecule has 12 heteroatoms. The van der Waals surface area contributed by atoms with Crippen LogP contribution < -0.4 is 22.1 Å². The maximum atomic E-state index is 12.0. The second kappa shape index (κ2) is 10.4. The van der Waals surface area contributed by atoms with Crippen LogP contribution in [0.4, 0.5) is 0 Å². The van der Waals surface area contributed by atoms with Crippen LogP contribution in [0.3, 0.4) is 0 Å². The van der Waals surface area contributed by atoms with Crippen molar-refractivity contribution in [2.75, 3.05) is 5.75 Å². The number of carbonyl (C=O) groups excluding carboxylic acids is 3. The summed E-state index contributed by atoms with van der Waals surface area (Å²) in [5, 5.41) is 21.8. The van der Waals surface area contributed by atoms with Crippen molar-refractivity contribution in [1.29, 1.82) is 0 Å². The minimum absolute atomic E-state index is 0.0863. The first-order valence-electron chi connectivity index (χ1n) is 6.78. The summed E-state index contributed by atoms with van der Waals surface area (Å²) in [5.41, 5.74) is 10.4. The number of rotatable bonds is 11. The number of carboxylic acid groups (broad SMARTS) is 2. The van der Waals surface area contributed by atoms with E-state index >= 15 is 0 Å². The van der Waals surface area contributed by atoms with Crippen LogP contribution in [0.25, 0.3) is 0 Å². The predicted molar refractivity (Wildman–Crippen MR) is 84.0 cm³/mol. The van der Waals surface area contributed by atoms with Gasteiger partial charge >= 0.3 is 11.9 Å². The highest BCUT2D eigenvalue weighted by Gasteiger charge is 2.29. The number of primary amides is 1. The lowest BCUT2D eigenvalue weighted by Crippen LogP contribution is -2.55. The first kappa shape index (κ1) is 21.7. The summed E-state index contributed by atoms with van der Waals surface area (Å²) in [5.74, 6) is -5.52. The van der Waals surface area contributed by atoms with Gasteiger partial charge in [0.2, 0.25) is 17.7 Å². The van der Waals surface area contributed by atoms with Crippen molar-refractivity contribution >= 4 is 42.3 Å². The predicted octanol–water partition coefficient (Wildman–Crippen LogP) is -2.96. The Morgan fingerprint density at radius 3 is 1.96 bits per heavy atom. The molecule has 24 heavy (non-hydrogen) atoms. The van der Waals surface area contributed by atoms with Gasteiger partial charge in [0, 0.05) is 12.2 Å². The van der Waals surface area contributed by atoms with Gasteiger partial charge in [-0.3, -0.25) is 19.2 Å². The van der Waals surface area contributed by atoms with E-state index in [1.165, 1.54) is 0 Å². The molecule has 0 saturated carbocycles. The van der Waals surface area contributed by atoms with Gasteiger partial charge < -0.3 is 32.3 Å². The van der Waals surface area contributed by atoms with Crippen LogP contribution in [0.2, 0.25) is 0 Å². The lowest BCUT2D eigenvalue weighted by atomic mass is 10.1. The normalized spacial score (nSPS) is 14.1. The maximum Gasteiger partial charge on any atom is 0.327 e. The minimum atomic E-state index is -1.53. The number of carbonyl (C=O) groups is 5.